The fourth-order valence-corrected chi connectivity index (χ4v) is 3.82. The molecule has 176 valence electrons. The smallest absolute Gasteiger partial charge is 0.252 e. The number of hydrogen-bond donors (Lipinski definition) is 6. The highest BCUT2D eigenvalue weighted by Gasteiger charge is 2.19. The monoisotopic (exact) mass is 461 g/mol. The summed E-state index contributed by atoms with van der Waals surface area (Å²) in [5.41, 5.74) is 11.1. The zero-order chi connectivity index (χ0) is 24.1. The molecule has 0 spiro atoms. The summed E-state index contributed by atoms with van der Waals surface area (Å²) in [6.45, 7) is 2.53. The fourth-order valence-electron chi connectivity index (χ4n) is 3.82. The zero-order valence-corrected chi connectivity index (χ0v) is 18.7. The fraction of sp³-hybridized carbons (Fsp3) is 0.250. The third-order valence-corrected chi connectivity index (χ3v) is 5.53. The van der Waals surface area contributed by atoms with Crippen molar-refractivity contribution in [2.24, 2.45) is 5.73 Å². The predicted molar refractivity (Wildman–Crippen MR) is 130 cm³/mol. The minimum atomic E-state index is -0.816. The van der Waals surface area contributed by atoms with E-state index in [9.17, 15) is 9.90 Å². The number of imidazole rings is 1. The maximum absolute atomic E-state index is 12.2. The van der Waals surface area contributed by atoms with Gasteiger partial charge in [-0.1, -0.05) is 19.1 Å². The number of aliphatic hydroxyl groups is 2. The number of aliphatic hydroxyl groups excluding tert-OH is 2. The van der Waals surface area contributed by atoms with Gasteiger partial charge in [0.25, 0.3) is 5.91 Å². The summed E-state index contributed by atoms with van der Waals surface area (Å²) in [5, 5.41) is 25.1. The lowest BCUT2D eigenvalue weighted by Crippen LogP contribution is -2.29. The highest BCUT2D eigenvalue weighted by Crippen LogP contribution is 2.32. The van der Waals surface area contributed by atoms with E-state index < -0.39 is 12.0 Å². The first kappa shape index (κ1) is 23.3. The van der Waals surface area contributed by atoms with Gasteiger partial charge in [0.15, 0.2) is 5.65 Å². The van der Waals surface area contributed by atoms with Crippen LogP contribution in [0, 0.1) is 0 Å². The first-order valence-electron chi connectivity index (χ1n) is 11.0. The van der Waals surface area contributed by atoms with E-state index in [0.29, 0.717) is 29.2 Å². The number of aromatic amines is 1. The van der Waals surface area contributed by atoms with E-state index in [1.807, 2.05) is 37.3 Å². The summed E-state index contributed by atoms with van der Waals surface area (Å²) in [6.07, 6.45) is 4.71. The minimum Gasteiger partial charge on any atom is -0.394 e. The maximum atomic E-state index is 12.2. The number of nitrogens with two attached hydrogens (primary N) is 1. The Hall–Kier alpha value is -3.86. The van der Waals surface area contributed by atoms with Gasteiger partial charge in [0.05, 0.1) is 24.0 Å². The number of nitrogens with one attached hydrogen (secondary N) is 3. The number of rotatable bonds is 10. The van der Waals surface area contributed by atoms with Crippen molar-refractivity contribution in [1.82, 2.24) is 25.3 Å². The average Bonchev–Trinajstić information content (AvgIpc) is 3.29. The molecule has 0 saturated carbocycles. The number of pyridine rings is 2. The number of primary amides is 1. The van der Waals surface area contributed by atoms with E-state index >= 15 is 0 Å². The molecule has 1 aromatic carbocycles. The van der Waals surface area contributed by atoms with Crippen molar-refractivity contribution in [3.05, 3.63) is 65.6 Å². The van der Waals surface area contributed by atoms with Gasteiger partial charge in [-0.25, -0.2) is 9.97 Å². The second-order valence-electron chi connectivity index (χ2n) is 7.82. The molecule has 10 heteroatoms. The summed E-state index contributed by atoms with van der Waals surface area (Å²) in [7, 11) is 0. The molecule has 1 amide bonds. The molecule has 0 radical (unpaired) electrons. The number of aromatic nitrogens is 4. The van der Waals surface area contributed by atoms with Crippen LogP contribution in [0.2, 0.25) is 0 Å². The third-order valence-electron chi connectivity index (χ3n) is 5.53. The summed E-state index contributed by atoms with van der Waals surface area (Å²) in [4.78, 5) is 28.5. The summed E-state index contributed by atoms with van der Waals surface area (Å²) in [6, 6.07) is 9.50. The molecular weight excluding hydrogens is 434 g/mol. The van der Waals surface area contributed by atoms with Gasteiger partial charge in [-0.2, -0.15) is 0 Å². The highest BCUT2D eigenvalue weighted by molar-refractivity contribution is 6.06. The van der Waals surface area contributed by atoms with Gasteiger partial charge in [0.2, 0.25) is 0 Å². The number of anilines is 2. The Morgan fingerprint density at radius 1 is 1.24 bits per heavy atom. The Bertz CT molecular complexity index is 1290. The molecule has 3 heterocycles. The van der Waals surface area contributed by atoms with Crippen LogP contribution >= 0.6 is 0 Å². The van der Waals surface area contributed by atoms with Crippen LogP contribution in [-0.2, 0) is 13.0 Å². The molecule has 1 atom stereocenters. The molecule has 7 N–H and O–H groups in total. The van der Waals surface area contributed by atoms with Crippen molar-refractivity contribution in [2.45, 2.75) is 26.0 Å². The maximum Gasteiger partial charge on any atom is 0.252 e. The summed E-state index contributed by atoms with van der Waals surface area (Å²) in [5.74, 6) is -0.00935. The first-order valence-corrected chi connectivity index (χ1v) is 11.0. The van der Waals surface area contributed by atoms with Gasteiger partial charge in [0, 0.05) is 42.9 Å². The second kappa shape index (κ2) is 10.4. The Balaban J connectivity index is 1.73. The van der Waals surface area contributed by atoms with Crippen LogP contribution in [0.3, 0.4) is 0 Å². The van der Waals surface area contributed by atoms with Crippen molar-refractivity contribution >= 4 is 28.4 Å². The lowest BCUT2D eigenvalue weighted by atomic mass is 10.0. The third kappa shape index (κ3) is 4.88. The highest BCUT2D eigenvalue weighted by atomic mass is 16.3. The van der Waals surface area contributed by atoms with Crippen molar-refractivity contribution in [2.75, 3.05) is 18.5 Å². The lowest BCUT2D eigenvalue weighted by molar-refractivity contribution is 0.0942. The van der Waals surface area contributed by atoms with Gasteiger partial charge in [-0.3, -0.25) is 9.78 Å². The molecule has 3 aromatic heterocycles. The van der Waals surface area contributed by atoms with Crippen molar-refractivity contribution < 1.29 is 15.0 Å². The van der Waals surface area contributed by atoms with Gasteiger partial charge < -0.3 is 31.6 Å². The Morgan fingerprint density at radius 3 is 2.74 bits per heavy atom. The molecule has 0 aliphatic carbocycles. The number of nitrogens with zero attached hydrogens (tertiary/aromatic N) is 3. The Morgan fingerprint density at radius 2 is 2.03 bits per heavy atom. The molecule has 4 rings (SSSR count). The van der Waals surface area contributed by atoms with E-state index in [0.717, 1.165) is 28.8 Å². The van der Waals surface area contributed by atoms with Crippen LogP contribution in [0.5, 0.6) is 0 Å². The topological polar surface area (TPSA) is 162 Å². The van der Waals surface area contributed by atoms with Crippen molar-refractivity contribution in [3.8, 4) is 11.4 Å². The SMILES string of the molecule is CCc1c(CNCC(O)CO)cccc1Nc1c(C(N)=O)cnc2[nH]c(-c3ccncc3)nc12. The zero-order valence-electron chi connectivity index (χ0n) is 18.7. The quantitative estimate of drug-likeness (QED) is 0.208. The molecule has 0 bridgehead atoms. The van der Waals surface area contributed by atoms with Crippen LogP contribution < -0.4 is 16.4 Å². The Labute approximate surface area is 196 Å². The predicted octanol–water partition coefficient (Wildman–Crippen LogP) is 1.87. The lowest BCUT2D eigenvalue weighted by Gasteiger charge is -2.18. The number of fused-ring (bicyclic) bond motifs is 1. The van der Waals surface area contributed by atoms with E-state index in [1.54, 1.807) is 12.4 Å². The van der Waals surface area contributed by atoms with E-state index in [1.165, 1.54) is 6.20 Å². The molecular formula is C24H27N7O3. The van der Waals surface area contributed by atoms with Gasteiger partial charge in [-0.15, -0.1) is 0 Å². The molecule has 0 aliphatic heterocycles. The van der Waals surface area contributed by atoms with Crippen molar-refractivity contribution in [1.29, 1.82) is 0 Å². The van der Waals surface area contributed by atoms with Crippen LogP contribution in [0.4, 0.5) is 11.4 Å². The molecule has 1 unspecified atom stereocenters. The average molecular weight is 462 g/mol. The molecule has 0 saturated heterocycles. The molecule has 0 aliphatic rings. The van der Waals surface area contributed by atoms with Gasteiger partial charge >= 0.3 is 0 Å². The number of H-pyrrole nitrogens is 1. The van der Waals surface area contributed by atoms with Crippen LogP contribution in [0.15, 0.2) is 48.9 Å². The largest absolute Gasteiger partial charge is 0.394 e. The second-order valence-corrected chi connectivity index (χ2v) is 7.82. The van der Waals surface area contributed by atoms with Crippen LogP contribution in [0.25, 0.3) is 22.6 Å². The number of carbonyl (C=O) groups excluding carboxylic acids is 1. The molecule has 10 nitrogen and oxygen atoms in total. The van der Waals surface area contributed by atoms with Crippen molar-refractivity contribution in [3.63, 3.8) is 0 Å². The van der Waals surface area contributed by atoms with E-state index in [4.69, 9.17) is 15.8 Å². The van der Waals surface area contributed by atoms with E-state index in [2.05, 4.69) is 25.6 Å². The number of benzene rings is 1. The summed E-state index contributed by atoms with van der Waals surface area (Å²) < 4.78 is 0. The molecule has 0 fully saturated rings. The molecule has 4 aromatic rings. The van der Waals surface area contributed by atoms with Crippen LogP contribution in [0.1, 0.15) is 28.4 Å². The molecule has 34 heavy (non-hydrogen) atoms. The minimum absolute atomic E-state index is 0.233. The standard InChI is InChI=1S/C24H27N7O3/c1-2-17-15(10-27-11-16(33)13-32)4-3-5-19(17)29-20-18(22(25)34)12-28-24-21(20)30-23(31-24)14-6-8-26-9-7-14/h3-9,12,16,27,32-33H,2,10-11,13H2,1H3,(H2,25,34)(H2,28,29,30,31). The van der Waals surface area contributed by atoms with Gasteiger partial charge in [0.1, 0.15) is 11.3 Å². The van der Waals surface area contributed by atoms with E-state index in [-0.39, 0.29) is 18.7 Å². The normalized spacial score (nSPS) is 12.1. The van der Waals surface area contributed by atoms with Crippen LogP contribution in [-0.4, -0.2) is 55.3 Å². The van der Waals surface area contributed by atoms with Gasteiger partial charge in [-0.05, 0) is 35.7 Å². The summed E-state index contributed by atoms with van der Waals surface area (Å²) >= 11 is 0. The first-order chi connectivity index (χ1) is 16.5. The Kier molecular flexibility index (Phi) is 7.12. The number of carbonyl (C=O) groups is 1. The number of amides is 1. The number of hydrogen-bond acceptors (Lipinski definition) is 8.